The second-order valence-electron chi connectivity index (χ2n) is 4.90. The van der Waals surface area contributed by atoms with Crippen molar-refractivity contribution >= 4 is 0 Å². The Bertz CT molecular complexity index is 368. The number of para-hydroxylation sites is 1. The lowest BCUT2D eigenvalue weighted by Gasteiger charge is -2.34. The van der Waals surface area contributed by atoms with Gasteiger partial charge in [-0.3, -0.25) is 5.43 Å². The largest absolute Gasteiger partial charge is 0.490 e. The number of fused-ring (bicyclic) bond motifs is 1. The van der Waals surface area contributed by atoms with Crippen LogP contribution in [0.4, 0.5) is 0 Å². The zero-order valence-electron chi connectivity index (χ0n) is 9.80. The number of nitrogens with two attached hydrogens (primary N) is 1. The summed E-state index contributed by atoms with van der Waals surface area (Å²) >= 11 is 0. The van der Waals surface area contributed by atoms with Crippen LogP contribution in [-0.4, -0.2) is 18.3 Å². The lowest BCUT2D eigenvalue weighted by molar-refractivity contribution is 0.0791. The van der Waals surface area contributed by atoms with Crippen molar-refractivity contribution in [3.05, 3.63) is 30.3 Å². The Hall–Kier alpha value is -1.10. The number of nitrogens with one attached hydrogen (secondary N) is 2. The molecule has 0 aromatic heterocycles. The highest BCUT2D eigenvalue weighted by Crippen LogP contribution is 2.31. The second kappa shape index (κ2) is 4.64. The van der Waals surface area contributed by atoms with Crippen molar-refractivity contribution in [2.45, 2.75) is 37.6 Å². The van der Waals surface area contributed by atoms with Gasteiger partial charge in [-0.05, 0) is 31.4 Å². The molecule has 4 atom stereocenters. The molecule has 1 saturated carbocycles. The van der Waals surface area contributed by atoms with Crippen LogP contribution >= 0.6 is 0 Å². The van der Waals surface area contributed by atoms with Crippen molar-refractivity contribution in [3.63, 3.8) is 0 Å². The normalized spacial score (nSPS) is 36.5. The average molecular weight is 233 g/mol. The molecule has 0 bridgehead atoms. The van der Waals surface area contributed by atoms with Crippen molar-refractivity contribution in [1.82, 2.24) is 10.9 Å². The minimum Gasteiger partial charge on any atom is -0.490 e. The number of hydrazine groups is 1. The van der Waals surface area contributed by atoms with Gasteiger partial charge in [-0.25, -0.2) is 5.43 Å². The Morgan fingerprint density at radius 1 is 1.12 bits per heavy atom. The van der Waals surface area contributed by atoms with Gasteiger partial charge in [0.25, 0.3) is 0 Å². The fourth-order valence-electron chi connectivity index (χ4n) is 2.94. The Morgan fingerprint density at radius 3 is 2.76 bits per heavy atom. The highest BCUT2D eigenvalue weighted by atomic mass is 16.5. The summed E-state index contributed by atoms with van der Waals surface area (Å²) in [5.74, 6) is 1.31. The van der Waals surface area contributed by atoms with E-state index in [9.17, 15) is 0 Å². The van der Waals surface area contributed by atoms with E-state index in [1.807, 2.05) is 30.3 Å². The molecule has 1 saturated heterocycles. The number of rotatable bonds is 2. The SMILES string of the molecule is NC1NNC2CCCC(Oc3ccccc3)C12. The van der Waals surface area contributed by atoms with Gasteiger partial charge in [0.2, 0.25) is 0 Å². The molecule has 2 aliphatic rings. The van der Waals surface area contributed by atoms with Crippen molar-refractivity contribution < 1.29 is 4.74 Å². The fraction of sp³-hybridized carbons (Fsp3) is 0.538. The third-order valence-corrected chi connectivity index (χ3v) is 3.78. The molecule has 92 valence electrons. The first-order valence-electron chi connectivity index (χ1n) is 6.33. The predicted molar refractivity (Wildman–Crippen MR) is 66.2 cm³/mol. The summed E-state index contributed by atoms with van der Waals surface area (Å²) in [6, 6.07) is 10.5. The number of hydrogen-bond donors (Lipinski definition) is 3. The monoisotopic (exact) mass is 233 g/mol. The summed E-state index contributed by atoms with van der Waals surface area (Å²) < 4.78 is 6.08. The van der Waals surface area contributed by atoms with Gasteiger partial charge in [-0.2, -0.15) is 0 Å². The van der Waals surface area contributed by atoms with E-state index in [0.29, 0.717) is 12.0 Å². The highest BCUT2D eigenvalue weighted by molar-refractivity contribution is 5.21. The molecule has 3 rings (SSSR count). The summed E-state index contributed by atoms with van der Waals surface area (Å²) in [5.41, 5.74) is 12.5. The van der Waals surface area contributed by atoms with E-state index in [2.05, 4.69) is 10.9 Å². The zero-order chi connectivity index (χ0) is 11.7. The van der Waals surface area contributed by atoms with Crippen LogP contribution in [0.2, 0.25) is 0 Å². The summed E-state index contributed by atoms with van der Waals surface area (Å²) in [7, 11) is 0. The van der Waals surface area contributed by atoms with Crippen molar-refractivity contribution in [2.24, 2.45) is 11.7 Å². The van der Waals surface area contributed by atoms with Gasteiger partial charge in [0.15, 0.2) is 0 Å². The molecule has 0 amide bonds. The molecule has 1 aromatic carbocycles. The van der Waals surface area contributed by atoms with Crippen LogP contribution in [0.25, 0.3) is 0 Å². The molecular weight excluding hydrogens is 214 g/mol. The van der Waals surface area contributed by atoms with Crippen LogP contribution in [0.3, 0.4) is 0 Å². The molecule has 1 aliphatic carbocycles. The van der Waals surface area contributed by atoms with Crippen LogP contribution < -0.4 is 21.3 Å². The lowest BCUT2D eigenvalue weighted by Crippen LogP contribution is -2.47. The Morgan fingerprint density at radius 2 is 1.94 bits per heavy atom. The second-order valence-corrected chi connectivity index (χ2v) is 4.90. The number of benzene rings is 1. The molecule has 1 aliphatic heterocycles. The van der Waals surface area contributed by atoms with Crippen molar-refractivity contribution in [2.75, 3.05) is 0 Å². The van der Waals surface area contributed by atoms with Gasteiger partial charge in [0.1, 0.15) is 11.9 Å². The molecule has 1 heterocycles. The molecule has 2 fully saturated rings. The first kappa shape index (κ1) is 11.0. The molecular formula is C13H19N3O. The van der Waals surface area contributed by atoms with Crippen LogP contribution in [0.5, 0.6) is 5.75 Å². The van der Waals surface area contributed by atoms with Crippen LogP contribution in [0.1, 0.15) is 19.3 Å². The maximum atomic E-state index is 6.08. The summed E-state index contributed by atoms with van der Waals surface area (Å²) in [6.45, 7) is 0. The van der Waals surface area contributed by atoms with E-state index < -0.39 is 0 Å². The topological polar surface area (TPSA) is 59.3 Å². The lowest BCUT2D eigenvalue weighted by atomic mass is 9.82. The molecule has 0 spiro atoms. The van der Waals surface area contributed by atoms with Gasteiger partial charge >= 0.3 is 0 Å². The van der Waals surface area contributed by atoms with Gasteiger partial charge in [-0.15, -0.1) is 0 Å². The van der Waals surface area contributed by atoms with Crippen LogP contribution in [0, 0.1) is 5.92 Å². The van der Waals surface area contributed by atoms with Crippen LogP contribution in [0.15, 0.2) is 30.3 Å². The Balaban J connectivity index is 1.73. The average Bonchev–Trinajstić information content (AvgIpc) is 2.74. The summed E-state index contributed by atoms with van der Waals surface area (Å²) in [5, 5.41) is 0. The predicted octanol–water partition coefficient (Wildman–Crippen LogP) is 0.995. The van der Waals surface area contributed by atoms with Gasteiger partial charge in [-0.1, -0.05) is 18.2 Å². The first-order chi connectivity index (χ1) is 8.34. The van der Waals surface area contributed by atoms with E-state index >= 15 is 0 Å². The van der Waals surface area contributed by atoms with Gasteiger partial charge in [0.05, 0.1) is 6.17 Å². The number of hydrogen-bond acceptors (Lipinski definition) is 4. The Labute approximate surface area is 101 Å². The molecule has 4 N–H and O–H groups in total. The van der Waals surface area contributed by atoms with E-state index in [1.165, 1.54) is 12.8 Å². The zero-order valence-corrected chi connectivity index (χ0v) is 9.80. The first-order valence-corrected chi connectivity index (χ1v) is 6.33. The van der Waals surface area contributed by atoms with Crippen molar-refractivity contribution in [1.29, 1.82) is 0 Å². The van der Waals surface area contributed by atoms with E-state index in [-0.39, 0.29) is 12.3 Å². The number of ether oxygens (including phenoxy) is 1. The van der Waals surface area contributed by atoms with E-state index in [0.717, 1.165) is 12.2 Å². The summed E-state index contributed by atoms with van der Waals surface area (Å²) in [6.07, 6.45) is 3.68. The minimum atomic E-state index is -0.00554. The van der Waals surface area contributed by atoms with E-state index in [1.54, 1.807) is 0 Å². The van der Waals surface area contributed by atoms with Gasteiger partial charge in [0, 0.05) is 12.0 Å². The third-order valence-electron chi connectivity index (χ3n) is 3.78. The van der Waals surface area contributed by atoms with Gasteiger partial charge < -0.3 is 10.5 Å². The maximum Gasteiger partial charge on any atom is 0.119 e. The third kappa shape index (κ3) is 2.16. The Kier molecular flexibility index (Phi) is 3.01. The smallest absolute Gasteiger partial charge is 0.119 e. The standard InChI is InChI=1S/C13H19N3O/c14-13-12-10(15-16-13)7-4-8-11(12)17-9-5-2-1-3-6-9/h1-3,5-6,10-13,15-16H,4,7-8,14H2. The minimum absolute atomic E-state index is 0.00554. The molecule has 17 heavy (non-hydrogen) atoms. The fourth-order valence-corrected chi connectivity index (χ4v) is 2.94. The maximum absolute atomic E-state index is 6.08. The molecule has 0 radical (unpaired) electrons. The molecule has 1 aromatic rings. The summed E-state index contributed by atoms with van der Waals surface area (Å²) in [4.78, 5) is 0. The highest BCUT2D eigenvalue weighted by Gasteiger charge is 2.42. The molecule has 4 unspecified atom stereocenters. The van der Waals surface area contributed by atoms with E-state index in [4.69, 9.17) is 10.5 Å². The molecule has 4 heteroatoms. The van der Waals surface area contributed by atoms with Crippen molar-refractivity contribution in [3.8, 4) is 5.75 Å². The quantitative estimate of drug-likeness (QED) is 0.713. The van der Waals surface area contributed by atoms with Crippen LogP contribution in [-0.2, 0) is 0 Å². The molecule has 4 nitrogen and oxygen atoms in total.